The monoisotopic (exact) mass is 284 g/mol. The van der Waals surface area contributed by atoms with Gasteiger partial charge in [-0.25, -0.2) is 9.97 Å². The van der Waals surface area contributed by atoms with Crippen molar-refractivity contribution < 1.29 is 4.79 Å². The SMILES string of the molecule is CC(C)NC(=O)CSc1nc2ncc(Cl)cc2[nH]1. The molecule has 2 aromatic heterocycles. The molecule has 5 nitrogen and oxygen atoms in total. The van der Waals surface area contributed by atoms with Crippen LogP contribution in [-0.4, -0.2) is 32.7 Å². The second-order valence-electron chi connectivity index (χ2n) is 4.08. The summed E-state index contributed by atoms with van der Waals surface area (Å²) in [7, 11) is 0. The minimum absolute atomic E-state index is 0.0125. The molecule has 1 amide bonds. The van der Waals surface area contributed by atoms with E-state index in [1.165, 1.54) is 11.8 Å². The first-order valence-corrected chi connectivity index (χ1v) is 6.84. The minimum atomic E-state index is -0.0125. The number of imidazole rings is 1. The van der Waals surface area contributed by atoms with Crippen LogP contribution in [0.3, 0.4) is 0 Å². The number of amides is 1. The number of H-pyrrole nitrogens is 1. The molecule has 0 spiro atoms. The highest BCUT2D eigenvalue weighted by Crippen LogP contribution is 2.20. The number of aromatic amines is 1. The van der Waals surface area contributed by atoms with Crippen LogP contribution in [0.15, 0.2) is 17.4 Å². The molecule has 0 aliphatic heterocycles. The quantitative estimate of drug-likeness (QED) is 0.845. The van der Waals surface area contributed by atoms with Gasteiger partial charge < -0.3 is 10.3 Å². The van der Waals surface area contributed by atoms with Crippen LogP contribution in [0.1, 0.15) is 13.8 Å². The van der Waals surface area contributed by atoms with Gasteiger partial charge in [-0.15, -0.1) is 0 Å². The third kappa shape index (κ3) is 3.36. The first kappa shape index (κ1) is 13.2. The summed E-state index contributed by atoms with van der Waals surface area (Å²) in [6.07, 6.45) is 1.55. The average Bonchev–Trinajstić information content (AvgIpc) is 2.67. The van der Waals surface area contributed by atoms with Crippen molar-refractivity contribution >= 4 is 40.4 Å². The highest BCUT2D eigenvalue weighted by atomic mass is 35.5. The molecule has 0 saturated carbocycles. The topological polar surface area (TPSA) is 70.7 Å². The van der Waals surface area contributed by atoms with Crippen LogP contribution >= 0.6 is 23.4 Å². The van der Waals surface area contributed by atoms with Crippen molar-refractivity contribution in [2.45, 2.75) is 25.0 Å². The third-order valence-electron chi connectivity index (χ3n) is 2.07. The molecule has 7 heteroatoms. The number of nitrogens with zero attached hydrogens (tertiary/aromatic N) is 2. The summed E-state index contributed by atoms with van der Waals surface area (Å²) in [6.45, 7) is 3.85. The molecule has 96 valence electrons. The zero-order valence-electron chi connectivity index (χ0n) is 10.0. The lowest BCUT2D eigenvalue weighted by atomic mass is 10.4. The molecular weight excluding hydrogens is 272 g/mol. The lowest BCUT2D eigenvalue weighted by Crippen LogP contribution is -2.31. The van der Waals surface area contributed by atoms with Crippen LogP contribution in [-0.2, 0) is 4.79 Å². The van der Waals surface area contributed by atoms with Crippen molar-refractivity contribution in [3.8, 4) is 0 Å². The number of carbonyl (C=O) groups is 1. The number of rotatable bonds is 4. The fraction of sp³-hybridized carbons (Fsp3) is 0.364. The van der Waals surface area contributed by atoms with Gasteiger partial charge in [0.1, 0.15) is 0 Å². The van der Waals surface area contributed by atoms with Crippen molar-refractivity contribution in [1.82, 2.24) is 20.3 Å². The van der Waals surface area contributed by atoms with E-state index in [9.17, 15) is 4.79 Å². The van der Waals surface area contributed by atoms with Gasteiger partial charge in [0.25, 0.3) is 0 Å². The zero-order chi connectivity index (χ0) is 13.1. The minimum Gasteiger partial charge on any atom is -0.353 e. The van der Waals surface area contributed by atoms with E-state index >= 15 is 0 Å². The highest BCUT2D eigenvalue weighted by molar-refractivity contribution is 7.99. The van der Waals surface area contributed by atoms with Gasteiger partial charge in [-0.05, 0) is 19.9 Å². The predicted octanol–water partition coefficient (Wildman–Crippen LogP) is 2.23. The Bertz CT molecular complexity index is 569. The molecule has 2 N–H and O–H groups in total. The Balaban J connectivity index is 2.02. The van der Waals surface area contributed by atoms with Crippen LogP contribution in [0.2, 0.25) is 5.02 Å². The number of pyridine rings is 1. The number of nitrogens with one attached hydrogen (secondary N) is 2. The molecule has 0 atom stereocenters. The molecule has 0 fully saturated rings. The lowest BCUT2D eigenvalue weighted by Gasteiger charge is -2.06. The summed E-state index contributed by atoms with van der Waals surface area (Å²) in [5.41, 5.74) is 1.38. The molecular formula is C11H13ClN4OS. The largest absolute Gasteiger partial charge is 0.353 e. The van der Waals surface area contributed by atoms with Crippen LogP contribution in [0.5, 0.6) is 0 Å². The Morgan fingerprint density at radius 1 is 1.61 bits per heavy atom. The Morgan fingerprint density at radius 3 is 3.11 bits per heavy atom. The number of halogens is 1. The van der Waals surface area contributed by atoms with Crippen molar-refractivity contribution in [3.05, 3.63) is 17.3 Å². The van der Waals surface area contributed by atoms with E-state index in [1.807, 2.05) is 13.8 Å². The van der Waals surface area contributed by atoms with E-state index in [0.29, 0.717) is 21.6 Å². The van der Waals surface area contributed by atoms with E-state index in [-0.39, 0.29) is 11.9 Å². The molecule has 2 heterocycles. The third-order valence-corrected chi connectivity index (χ3v) is 3.15. The molecule has 0 bridgehead atoms. The van der Waals surface area contributed by atoms with Gasteiger partial charge in [0.2, 0.25) is 5.91 Å². The first-order valence-electron chi connectivity index (χ1n) is 5.48. The van der Waals surface area contributed by atoms with Gasteiger partial charge >= 0.3 is 0 Å². The summed E-state index contributed by atoms with van der Waals surface area (Å²) in [4.78, 5) is 22.9. The van der Waals surface area contributed by atoms with Gasteiger partial charge in [-0.3, -0.25) is 4.79 Å². The molecule has 2 rings (SSSR count). The first-order chi connectivity index (χ1) is 8.54. The predicted molar refractivity (Wildman–Crippen MR) is 72.9 cm³/mol. The molecule has 0 aromatic carbocycles. The van der Waals surface area contributed by atoms with E-state index in [2.05, 4.69) is 20.3 Å². The average molecular weight is 285 g/mol. The van der Waals surface area contributed by atoms with E-state index in [1.54, 1.807) is 12.3 Å². The fourth-order valence-corrected chi connectivity index (χ4v) is 2.26. The molecule has 0 unspecified atom stereocenters. The number of fused-ring (bicyclic) bond motifs is 1. The highest BCUT2D eigenvalue weighted by Gasteiger charge is 2.08. The van der Waals surface area contributed by atoms with Crippen LogP contribution < -0.4 is 5.32 Å². The molecule has 0 aliphatic rings. The fourth-order valence-electron chi connectivity index (χ4n) is 1.42. The maximum Gasteiger partial charge on any atom is 0.230 e. The van der Waals surface area contributed by atoms with Crippen LogP contribution in [0.4, 0.5) is 0 Å². The molecule has 2 aromatic rings. The summed E-state index contributed by atoms with van der Waals surface area (Å²) in [5, 5.41) is 4.04. The number of aromatic nitrogens is 3. The van der Waals surface area contributed by atoms with Gasteiger partial charge in [-0.1, -0.05) is 23.4 Å². The lowest BCUT2D eigenvalue weighted by molar-refractivity contribution is -0.119. The molecule has 0 radical (unpaired) electrons. The molecule has 0 aliphatic carbocycles. The number of hydrogen-bond acceptors (Lipinski definition) is 4. The normalized spacial score (nSPS) is 11.1. The van der Waals surface area contributed by atoms with Gasteiger partial charge in [0.05, 0.1) is 16.3 Å². The zero-order valence-corrected chi connectivity index (χ0v) is 11.6. The van der Waals surface area contributed by atoms with Crippen LogP contribution in [0.25, 0.3) is 11.2 Å². The van der Waals surface area contributed by atoms with Crippen molar-refractivity contribution in [2.24, 2.45) is 0 Å². The Hall–Kier alpha value is -1.27. The van der Waals surface area contributed by atoms with Crippen molar-refractivity contribution in [1.29, 1.82) is 0 Å². The second-order valence-corrected chi connectivity index (χ2v) is 5.48. The van der Waals surface area contributed by atoms with E-state index in [4.69, 9.17) is 11.6 Å². The maximum absolute atomic E-state index is 11.5. The molecule has 0 saturated heterocycles. The van der Waals surface area contributed by atoms with Crippen molar-refractivity contribution in [3.63, 3.8) is 0 Å². The molecule has 18 heavy (non-hydrogen) atoms. The van der Waals surface area contributed by atoms with E-state index < -0.39 is 0 Å². The summed E-state index contributed by atoms with van der Waals surface area (Å²) in [5.74, 6) is 0.313. The summed E-state index contributed by atoms with van der Waals surface area (Å²) in [6, 6.07) is 1.91. The van der Waals surface area contributed by atoms with Gasteiger partial charge in [-0.2, -0.15) is 0 Å². The number of thioether (sulfide) groups is 1. The number of carbonyl (C=O) groups excluding carboxylic acids is 1. The van der Waals surface area contributed by atoms with Gasteiger partial charge in [0, 0.05) is 12.2 Å². The summed E-state index contributed by atoms with van der Waals surface area (Å²) >= 11 is 7.17. The standard InChI is InChI=1S/C11H13ClN4OS/c1-6(2)14-9(17)5-18-11-15-8-3-7(12)4-13-10(8)16-11/h3-4,6H,5H2,1-2H3,(H,14,17)(H,13,15,16). The number of hydrogen-bond donors (Lipinski definition) is 2. The Kier molecular flexibility index (Phi) is 4.08. The Morgan fingerprint density at radius 2 is 2.39 bits per heavy atom. The van der Waals surface area contributed by atoms with Crippen LogP contribution in [0, 0.1) is 0 Å². The smallest absolute Gasteiger partial charge is 0.230 e. The van der Waals surface area contributed by atoms with Crippen molar-refractivity contribution in [2.75, 3.05) is 5.75 Å². The summed E-state index contributed by atoms with van der Waals surface area (Å²) < 4.78 is 0. The second kappa shape index (κ2) is 5.58. The van der Waals surface area contributed by atoms with E-state index in [0.717, 1.165) is 5.52 Å². The Labute approximate surface area is 114 Å². The maximum atomic E-state index is 11.5. The van der Waals surface area contributed by atoms with Gasteiger partial charge in [0.15, 0.2) is 10.8 Å².